The smallest absolute Gasteiger partial charge is 0.306 e. The lowest BCUT2D eigenvalue weighted by molar-refractivity contribution is -0.384. The van der Waals surface area contributed by atoms with Gasteiger partial charge < -0.3 is 15.5 Å². The number of carbonyl (C=O) groups excluding carboxylic acids is 1. The van der Waals surface area contributed by atoms with Crippen LogP contribution >= 0.6 is 0 Å². The zero-order chi connectivity index (χ0) is 16.7. The summed E-state index contributed by atoms with van der Waals surface area (Å²) in [6, 6.07) is 3.28. The Hall–Kier alpha value is -2.64. The summed E-state index contributed by atoms with van der Waals surface area (Å²) < 4.78 is 0. The Kier molecular flexibility index (Phi) is 6.30. The summed E-state index contributed by atoms with van der Waals surface area (Å²) in [5.41, 5.74) is -0.330. The predicted molar refractivity (Wildman–Crippen MR) is 78.7 cm³/mol. The van der Waals surface area contributed by atoms with Gasteiger partial charge in [0, 0.05) is 18.6 Å². The van der Waals surface area contributed by atoms with E-state index in [1.54, 1.807) is 0 Å². The first-order chi connectivity index (χ1) is 10.3. The molecule has 1 atom stereocenters. The van der Waals surface area contributed by atoms with Gasteiger partial charge in [-0.25, -0.2) is 0 Å². The number of hydrogen-bond acceptors (Lipinski definition) is 5. The molecule has 1 aromatic carbocycles. The average molecular weight is 310 g/mol. The molecule has 1 amide bonds. The number of carbonyl (C=O) groups is 2. The van der Waals surface area contributed by atoms with E-state index in [9.17, 15) is 24.8 Å². The van der Waals surface area contributed by atoms with Crippen LogP contribution in [0.2, 0.25) is 0 Å². The summed E-state index contributed by atoms with van der Waals surface area (Å²) in [5, 5.41) is 31.6. The van der Waals surface area contributed by atoms with Crippen molar-refractivity contribution in [2.45, 2.75) is 32.6 Å². The number of anilines is 1. The van der Waals surface area contributed by atoms with Crippen LogP contribution in [0.1, 0.15) is 32.6 Å². The summed E-state index contributed by atoms with van der Waals surface area (Å²) in [6.45, 7) is 1.86. The van der Waals surface area contributed by atoms with Crippen LogP contribution in [0.4, 0.5) is 11.4 Å². The molecular weight excluding hydrogens is 292 g/mol. The average Bonchev–Trinajstić information content (AvgIpc) is 2.45. The number of aliphatic carboxylic acids is 1. The van der Waals surface area contributed by atoms with Gasteiger partial charge in [-0.2, -0.15) is 0 Å². The summed E-state index contributed by atoms with van der Waals surface area (Å²) in [5.74, 6) is -2.34. The fourth-order valence-corrected chi connectivity index (χ4v) is 2.00. The highest BCUT2D eigenvalue weighted by atomic mass is 16.6. The van der Waals surface area contributed by atoms with Crippen LogP contribution in [0.3, 0.4) is 0 Å². The molecule has 8 heteroatoms. The molecule has 8 nitrogen and oxygen atoms in total. The summed E-state index contributed by atoms with van der Waals surface area (Å²) >= 11 is 0. The Labute approximate surface area is 126 Å². The van der Waals surface area contributed by atoms with Crippen molar-refractivity contribution in [2.75, 3.05) is 5.32 Å². The number of nitro groups is 1. The molecule has 0 saturated carbocycles. The lowest BCUT2D eigenvalue weighted by atomic mass is 9.98. The van der Waals surface area contributed by atoms with E-state index >= 15 is 0 Å². The Bertz CT molecular complexity index is 572. The molecule has 1 aromatic rings. The van der Waals surface area contributed by atoms with E-state index in [1.165, 1.54) is 0 Å². The number of hydrogen-bond donors (Lipinski definition) is 3. The van der Waals surface area contributed by atoms with Gasteiger partial charge in [-0.3, -0.25) is 19.7 Å². The first kappa shape index (κ1) is 17.4. The second-order valence-electron chi connectivity index (χ2n) is 4.87. The molecule has 0 radical (unpaired) electrons. The molecule has 0 saturated heterocycles. The summed E-state index contributed by atoms with van der Waals surface area (Å²) in [4.78, 5) is 32.8. The van der Waals surface area contributed by atoms with Gasteiger partial charge >= 0.3 is 5.97 Å². The number of phenolic OH excluding ortho intramolecular Hbond substituents is 1. The van der Waals surface area contributed by atoms with E-state index in [0.717, 1.165) is 18.2 Å². The number of carboxylic acids is 1. The Balaban J connectivity index is 2.67. The van der Waals surface area contributed by atoms with E-state index in [4.69, 9.17) is 5.11 Å². The number of nitrogens with one attached hydrogen (secondary N) is 1. The number of amides is 1. The fourth-order valence-electron chi connectivity index (χ4n) is 2.00. The highest BCUT2D eigenvalue weighted by Gasteiger charge is 2.18. The standard InChI is InChI=1S/C14H18N2O6/c1-2-3-9(14(19)20)4-7-13(18)15-11-8-10(16(21)22)5-6-12(11)17/h5-6,8-9,17H,2-4,7H2,1H3,(H,15,18)(H,19,20)/t9-/m0/s1. The lowest BCUT2D eigenvalue weighted by Crippen LogP contribution is -2.18. The van der Waals surface area contributed by atoms with Gasteiger partial charge in [-0.1, -0.05) is 13.3 Å². The predicted octanol–water partition coefficient (Wildman–Crippen LogP) is 2.52. The minimum absolute atomic E-state index is 0.0426. The van der Waals surface area contributed by atoms with Gasteiger partial charge in [0.15, 0.2) is 0 Å². The van der Waals surface area contributed by atoms with Gasteiger partial charge in [-0.05, 0) is 18.9 Å². The lowest BCUT2D eigenvalue weighted by Gasteiger charge is -2.11. The number of benzene rings is 1. The number of nitrogens with zero attached hydrogens (tertiary/aromatic N) is 1. The molecule has 0 fully saturated rings. The van der Waals surface area contributed by atoms with Gasteiger partial charge in [0.25, 0.3) is 5.69 Å². The van der Waals surface area contributed by atoms with E-state index in [-0.39, 0.29) is 30.0 Å². The van der Waals surface area contributed by atoms with Crippen LogP contribution in [0.25, 0.3) is 0 Å². The third kappa shape index (κ3) is 5.04. The zero-order valence-electron chi connectivity index (χ0n) is 12.1. The molecule has 0 aliphatic rings. The molecule has 0 spiro atoms. The van der Waals surface area contributed by atoms with Crippen LogP contribution in [0, 0.1) is 16.0 Å². The normalized spacial score (nSPS) is 11.7. The quantitative estimate of drug-likeness (QED) is 0.384. The maximum Gasteiger partial charge on any atom is 0.306 e. The van der Waals surface area contributed by atoms with Crippen molar-refractivity contribution in [2.24, 2.45) is 5.92 Å². The SMILES string of the molecule is CCC[C@@H](CCC(=O)Nc1cc([N+](=O)[O-])ccc1O)C(=O)O. The van der Waals surface area contributed by atoms with Crippen molar-refractivity contribution in [1.82, 2.24) is 0 Å². The largest absolute Gasteiger partial charge is 0.506 e. The minimum atomic E-state index is -0.951. The second kappa shape index (κ2) is 7.96. The molecule has 0 aliphatic heterocycles. The van der Waals surface area contributed by atoms with E-state index in [1.807, 2.05) is 6.92 Å². The topological polar surface area (TPSA) is 130 Å². The maximum absolute atomic E-state index is 11.8. The Morgan fingerprint density at radius 1 is 1.36 bits per heavy atom. The van der Waals surface area contributed by atoms with E-state index in [2.05, 4.69) is 5.32 Å². The number of nitro benzene ring substituents is 1. The molecule has 0 bridgehead atoms. The van der Waals surface area contributed by atoms with Crippen LogP contribution in [0.5, 0.6) is 5.75 Å². The van der Waals surface area contributed by atoms with Gasteiger partial charge in [-0.15, -0.1) is 0 Å². The van der Waals surface area contributed by atoms with Crippen molar-refractivity contribution in [3.05, 3.63) is 28.3 Å². The number of aromatic hydroxyl groups is 1. The van der Waals surface area contributed by atoms with Crippen molar-refractivity contribution in [1.29, 1.82) is 0 Å². The molecule has 0 heterocycles. The second-order valence-corrected chi connectivity index (χ2v) is 4.87. The Morgan fingerprint density at radius 3 is 2.59 bits per heavy atom. The zero-order valence-corrected chi connectivity index (χ0v) is 12.1. The molecule has 1 rings (SSSR count). The summed E-state index contributed by atoms with van der Waals surface area (Å²) in [7, 11) is 0. The van der Waals surface area contributed by atoms with E-state index < -0.39 is 22.7 Å². The number of carboxylic acid groups (broad SMARTS) is 1. The van der Waals surface area contributed by atoms with Crippen LogP contribution < -0.4 is 5.32 Å². The van der Waals surface area contributed by atoms with Crippen molar-refractivity contribution in [3.8, 4) is 5.75 Å². The molecular formula is C14H18N2O6. The third-order valence-corrected chi connectivity index (χ3v) is 3.17. The summed E-state index contributed by atoms with van der Waals surface area (Å²) in [6.07, 6.45) is 1.30. The van der Waals surface area contributed by atoms with E-state index in [0.29, 0.717) is 12.8 Å². The van der Waals surface area contributed by atoms with Crippen LogP contribution in [-0.2, 0) is 9.59 Å². The first-order valence-electron chi connectivity index (χ1n) is 6.85. The first-order valence-corrected chi connectivity index (χ1v) is 6.85. The maximum atomic E-state index is 11.8. The monoisotopic (exact) mass is 310 g/mol. The molecule has 120 valence electrons. The third-order valence-electron chi connectivity index (χ3n) is 3.17. The van der Waals surface area contributed by atoms with Crippen molar-refractivity contribution in [3.63, 3.8) is 0 Å². The number of phenols is 1. The molecule has 22 heavy (non-hydrogen) atoms. The number of rotatable bonds is 8. The number of non-ortho nitro benzene ring substituents is 1. The molecule has 0 aromatic heterocycles. The molecule has 3 N–H and O–H groups in total. The van der Waals surface area contributed by atoms with Gasteiger partial charge in [0.05, 0.1) is 16.5 Å². The van der Waals surface area contributed by atoms with Crippen LogP contribution in [0.15, 0.2) is 18.2 Å². The highest BCUT2D eigenvalue weighted by molar-refractivity contribution is 5.92. The van der Waals surface area contributed by atoms with Crippen molar-refractivity contribution < 1.29 is 24.7 Å². The van der Waals surface area contributed by atoms with Crippen molar-refractivity contribution >= 4 is 23.3 Å². The minimum Gasteiger partial charge on any atom is -0.506 e. The molecule has 0 aliphatic carbocycles. The highest BCUT2D eigenvalue weighted by Crippen LogP contribution is 2.28. The van der Waals surface area contributed by atoms with Gasteiger partial charge in [0.1, 0.15) is 5.75 Å². The fraction of sp³-hybridized carbons (Fsp3) is 0.429. The van der Waals surface area contributed by atoms with Crippen LogP contribution in [-0.4, -0.2) is 27.0 Å². The molecule has 0 unspecified atom stereocenters. The van der Waals surface area contributed by atoms with Gasteiger partial charge in [0.2, 0.25) is 5.91 Å². The Morgan fingerprint density at radius 2 is 2.05 bits per heavy atom.